The molecular weight excluding hydrogens is 292 g/mol. The van der Waals surface area contributed by atoms with Crippen molar-refractivity contribution in [1.82, 2.24) is 9.47 Å². The highest BCUT2D eigenvalue weighted by molar-refractivity contribution is 6.32. The number of rotatable bonds is 3. The fraction of sp³-hybridized carbons (Fsp3) is 0.400. The number of aliphatic hydroxyl groups is 1. The van der Waals surface area contributed by atoms with Crippen LogP contribution in [0.2, 0.25) is 5.02 Å². The van der Waals surface area contributed by atoms with E-state index in [-0.39, 0.29) is 18.7 Å². The fourth-order valence-corrected chi connectivity index (χ4v) is 3.22. The quantitative estimate of drug-likeness (QED) is 0.936. The van der Waals surface area contributed by atoms with Gasteiger partial charge in [0.15, 0.2) is 0 Å². The average Bonchev–Trinajstić information content (AvgIpc) is 2.85. The van der Waals surface area contributed by atoms with Crippen molar-refractivity contribution in [3.8, 4) is 5.75 Å². The zero-order chi connectivity index (χ0) is 15.1. The standard InChI is InChI=1S/C15H17ClN2O3/c1-17-7-10-9-5-14(21-2)12(16)6-13(9)18(3-4-19)15(20)11(10)8-17/h5-6,19H,3-4,7-8H2,1-2H3. The summed E-state index contributed by atoms with van der Waals surface area (Å²) in [7, 11) is 3.55. The van der Waals surface area contributed by atoms with Gasteiger partial charge in [0, 0.05) is 30.6 Å². The van der Waals surface area contributed by atoms with Gasteiger partial charge in [0.1, 0.15) is 5.75 Å². The molecule has 2 heterocycles. The first-order valence-corrected chi connectivity index (χ1v) is 7.15. The smallest absolute Gasteiger partial charge is 0.255 e. The predicted molar refractivity (Wildman–Crippen MR) is 82.0 cm³/mol. The maximum absolute atomic E-state index is 12.6. The number of methoxy groups -OCH3 is 1. The lowest BCUT2D eigenvalue weighted by Crippen LogP contribution is -2.26. The van der Waals surface area contributed by atoms with Crippen molar-refractivity contribution in [1.29, 1.82) is 0 Å². The monoisotopic (exact) mass is 308 g/mol. The van der Waals surface area contributed by atoms with E-state index in [1.165, 1.54) is 0 Å². The highest BCUT2D eigenvalue weighted by atomic mass is 35.5. The van der Waals surface area contributed by atoms with Crippen LogP contribution >= 0.6 is 11.6 Å². The maximum Gasteiger partial charge on any atom is 0.255 e. The Hall–Kier alpha value is -1.56. The van der Waals surface area contributed by atoms with Gasteiger partial charge in [0.25, 0.3) is 5.56 Å². The van der Waals surface area contributed by atoms with Crippen LogP contribution in [0.5, 0.6) is 5.75 Å². The Bertz CT molecular complexity index is 770. The molecule has 1 N–H and O–H groups in total. The van der Waals surface area contributed by atoms with Gasteiger partial charge in [-0.2, -0.15) is 0 Å². The first kappa shape index (κ1) is 14.4. The molecule has 0 bridgehead atoms. The lowest BCUT2D eigenvalue weighted by molar-refractivity contribution is 0.276. The van der Waals surface area contributed by atoms with E-state index in [2.05, 4.69) is 4.90 Å². The van der Waals surface area contributed by atoms with Gasteiger partial charge >= 0.3 is 0 Å². The van der Waals surface area contributed by atoms with E-state index in [1.807, 2.05) is 13.1 Å². The third kappa shape index (κ3) is 2.21. The van der Waals surface area contributed by atoms with Crippen molar-refractivity contribution in [3.63, 3.8) is 0 Å². The minimum absolute atomic E-state index is 0.0443. The van der Waals surface area contributed by atoms with Crippen LogP contribution in [-0.4, -0.2) is 35.3 Å². The number of hydrogen-bond acceptors (Lipinski definition) is 4. The van der Waals surface area contributed by atoms with Crippen molar-refractivity contribution in [3.05, 3.63) is 38.6 Å². The largest absolute Gasteiger partial charge is 0.495 e. The fourth-order valence-electron chi connectivity index (χ4n) is 2.99. The molecular formula is C15H17ClN2O3. The lowest BCUT2D eigenvalue weighted by Gasteiger charge is -2.14. The zero-order valence-electron chi connectivity index (χ0n) is 12.0. The lowest BCUT2D eigenvalue weighted by atomic mass is 10.0. The van der Waals surface area contributed by atoms with Gasteiger partial charge < -0.3 is 14.4 Å². The predicted octanol–water partition coefficient (Wildman–Crippen LogP) is 1.60. The van der Waals surface area contributed by atoms with Crippen molar-refractivity contribution >= 4 is 22.5 Å². The third-order valence-corrected chi connectivity index (χ3v) is 4.23. The summed E-state index contributed by atoms with van der Waals surface area (Å²) in [6, 6.07) is 3.62. The molecule has 2 aromatic rings. The molecule has 0 saturated heterocycles. The molecule has 1 aromatic carbocycles. The third-order valence-electron chi connectivity index (χ3n) is 3.93. The van der Waals surface area contributed by atoms with Crippen LogP contribution in [0.4, 0.5) is 0 Å². The van der Waals surface area contributed by atoms with Crippen molar-refractivity contribution in [2.45, 2.75) is 19.6 Å². The van der Waals surface area contributed by atoms with Crippen LogP contribution in [0.25, 0.3) is 10.9 Å². The minimum atomic E-state index is -0.0900. The molecule has 0 unspecified atom stereocenters. The molecule has 5 nitrogen and oxygen atoms in total. The van der Waals surface area contributed by atoms with Gasteiger partial charge in [-0.15, -0.1) is 0 Å². The topological polar surface area (TPSA) is 54.7 Å². The van der Waals surface area contributed by atoms with E-state index in [0.717, 1.165) is 28.6 Å². The van der Waals surface area contributed by atoms with Crippen molar-refractivity contribution in [2.24, 2.45) is 0 Å². The van der Waals surface area contributed by atoms with Gasteiger partial charge in [-0.05, 0) is 24.7 Å². The molecule has 0 amide bonds. The number of hydrogen-bond donors (Lipinski definition) is 1. The number of pyridine rings is 1. The average molecular weight is 309 g/mol. The molecule has 1 aliphatic heterocycles. The van der Waals surface area contributed by atoms with E-state index in [0.29, 0.717) is 17.3 Å². The second-order valence-corrected chi connectivity index (χ2v) is 5.72. The van der Waals surface area contributed by atoms with Gasteiger partial charge in [-0.1, -0.05) is 11.6 Å². The number of ether oxygens (including phenoxy) is 1. The molecule has 0 spiro atoms. The molecule has 6 heteroatoms. The summed E-state index contributed by atoms with van der Waals surface area (Å²) < 4.78 is 6.88. The summed E-state index contributed by atoms with van der Waals surface area (Å²) in [5.41, 5.74) is 2.52. The van der Waals surface area contributed by atoms with Crippen molar-refractivity contribution in [2.75, 3.05) is 20.8 Å². The molecule has 112 valence electrons. The van der Waals surface area contributed by atoms with Gasteiger partial charge in [-0.3, -0.25) is 9.69 Å². The second kappa shape index (κ2) is 5.33. The number of nitrogens with zero attached hydrogens (tertiary/aromatic N) is 2. The molecule has 1 aliphatic rings. The Balaban J connectivity index is 2.41. The van der Waals surface area contributed by atoms with Crippen LogP contribution < -0.4 is 10.3 Å². The Morgan fingerprint density at radius 1 is 1.33 bits per heavy atom. The van der Waals surface area contributed by atoms with Gasteiger partial charge in [0.05, 0.1) is 24.3 Å². The van der Waals surface area contributed by atoms with Crippen LogP contribution in [0, 0.1) is 0 Å². The summed E-state index contributed by atoms with van der Waals surface area (Å²) in [5, 5.41) is 10.7. The van der Waals surface area contributed by atoms with E-state index < -0.39 is 0 Å². The highest BCUT2D eigenvalue weighted by Gasteiger charge is 2.24. The number of aromatic nitrogens is 1. The molecule has 0 radical (unpaired) electrons. The van der Waals surface area contributed by atoms with Crippen LogP contribution in [0.15, 0.2) is 16.9 Å². The second-order valence-electron chi connectivity index (χ2n) is 5.31. The van der Waals surface area contributed by atoms with Gasteiger partial charge in [-0.25, -0.2) is 0 Å². The first-order chi connectivity index (χ1) is 10.1. The number of benzene rings is 1. The molecule has 3 rings (SSSR count). The SMILES string of the molecule is COc1cc2c3c(c(=O)n(CCO)c2cc1Cl)CN(C)C3. The molecule has 0 atom stereocenters. The van der Waals surface area contributed by atoms with Crippen LogP contribution in [0.1, 0.15) is 11.1 Å². The summed E-state index contributed by atoms with van der Waals surface area (Å²) >= 11 is 6.19. The van der Waals surface area contributed by atoms with E-state index in [9.17, 15) is 9.90 Å². The Morgan fingerprint density at radius 2 is 2.05 bits per heavy atom. The summed E-state index contributed by atoms with van der Waals surface area (Å²) in [5.74, 6) is 0.593. The zero-order valence-corrected chi connectivity index (χ0v) is 12.8. The Labute approximate surface area is 127 Å². The van der Waals surface area contributed by atoms with Crippen LogP contribution in [0.3, 0.4) is 0 Å². The molecule has 0 fully saturated rings. The number of fused-ring (bicyclic) bond motifs is 3. The molecule has 0 aliphatic carbocycles. The number of halogens is 1. The normalized spacial score (nSPS) is 14.7. The Kier molecular flexibility index (Phi) is 3.65. The molecule has 1 aromatic heterocycles. The maximum atomic E-state index is 12.6. The van der Waals surface area contributed by atoms with E-state index in [1.54, 1.807) is 17.7 Å². The summed E-state index contributed by atoms with van der Waals surface area (Å²) in [6.45, 7) is 1.52. The van der Waals surface area contributed by atoms with E-state index >= 15 is 0 Å². The highest BCUT2D eigenvalue weighted by Crippen LogP contribution is 2.34. The Morgan fingerprint density at radius 3 is 2.71 bits per heavy atom. The molecule has 0 saturated carbocycles. The molecule has 21 heavy (non-hydrogen) atoms. The van der Waals surface area contributed by atoms with E-state index in [4.69, 9.17) is 16.3 Å². The summed E-state index contributed by atoms with van der Waals surface area (Å²) in [4.78, 5) is 14.7. The van der Waals surface area contributed by atoms with Gasteiger partial charge in [0.2, 0.25) is 0 Å². The number of aliphatic hydroxyl groups excluding tert-OH is 1. The van der Waals surface area contributed by atoms with Crippen LogP contribution in [-0.2, 0) is 19.6 Å². The van der Waals surface area contributed by atoms with Crippen molar-refractivity contribution < 1.29 is 9.84 Å². The summed E-state index contributed by atoms with van der Waals surface area (Å²) in [6.07, 6.45) is 0. The first-order valence-electron chi connectivity index (χ1n) is 6.78. The minimum Gasteiger partial charge on any atom is -0.495 e.